The molecule has 1 unspecified atom stereocenters. The number of carbonyl (C=O) groups excluding carboxylic acids is 2. The fourth-order valence-corrected chi connectivity index (χ4v) is 4.46. The van der Waals surface area contributed by atoms with Crippen LogP contribution in [0.1, 0.15) is 33.3 Å². The Kier molecular flexibility index (Phi) is 4.59. The van der Waals surface area contributed by atoms with Crippen LogP contribution in [0.5, 0.6) is 11.5 Å². The van der Waals surface area contributed by atoms with Crippen LogP contribution in [0.2, 0.25) is 0 Å². The largest absolute Gasteiger partial charge is 0.454 e. The molecule has 1 saturated heterocycles. The standard InChI is InChI=1S/C21H18N4O4S/c1-12-4-2-3-5-15(12)25-10-14(9-18(25)26)20-23-24-21(30-20)22-19(27)13-6-7-16-17(8-13)29-11-28-16/h2-8,14H,9-11H2,1H3,(H,22,24,27). The molecule has 1 aromatic heterocycles. The van der Waals surface area contributed by atoms with Crippen LogP contribution in [-0.4, -0.2) is 35.3 Å². The van der Waals surface area contributed by atoms with Gasteiger partial charge in [-0.1, -0.05) is 29.5 Å². The average Bonchev–Trinajstić information content (AvgIpc) is 3.47. The number of nitrogens with zero attached hydrogens (tertiary/aromatic N) is 3. The predicted octanol–water partition coefficient (Wildman–Crippen LogP) is 3.35. The van der Waals surface area contributed by atoms with Crippen LogP contribution in [0.3, 0.4) is 0 Å². The number of amides is 2. The zero-order chi connectivity index (χ0) is 20.7. The lowest BCUT2D eigenvalue weighted by Crippen LogP contribution is -2.25. The summed E-state index contributed by atoms with van der Waals surface area (Å²) in [6.07, 6.45) is 0.374. The number of fused-ring (bicyclic) bond motifs is 1. The van der Waals surface area contributed by atoms with Crippen molar-refractivity contribution < 1.29 is 19.1 Å². The highest BCUT2D eigenvalue weighted by molar-refractivity contribution is 7.15. The highest BCUT2D eigenvalue weighted by Crippen LogP contribution is 2.36. The molecule has 0 bridgehead atoms. The quantitative estimate of drug-likeness (QED) is 0.693. The molecule has 0 radical (unpaired) electrons. The molecule has 2 aromatic carbocycles. The minimum absolute atomic E-state index is 0.0502. The van der Waals surface area contributed by atoms with Gasteiger partial charge in [-0.15, -0.1) is 10.2 Å². The van der Waals surface area contributed by atoms with Gasteiger partial charge in [0.05, 0.1) is 0 Å². The second-order valence-corrected chi connectivity index (χ2v) is 8.17. The maximum absolute atomic E-state index is 12.6. The topological polar surface area (TPSA) is 93.7 Å². The summed E-state index contributed by atoms with van der Waals surface area (Å²) in [6.45, 7) is 2.69. The number of para-hydroxylation sites is 1. The van der Waals surface area contributed by atoms with E-state index in [1.165, 1.54) is 11.3 Å². The predicted molar refractivity (Wildman–Crippen MR) is 111 cm³/mol. The first kappa shape index (κ1) is 18.6. The van der Waals surface area contributed by atoms with E-state index >= 15 is 0 Å². The first-order chi connectivity index (χ1) is 14.6. The van der Waals surface area contributed by atoms with E-state index in [1.807, 2.05) is 31.2 Å². The van der Waals surface area contributed by atoms with Crippen molar-refractivity contribution in [1.82, 2.24) is 10.2 Å². The van der Waals surface area contributed by atoms with Gasteiger partial charge in [0, 0.05) is 30.1 Å². The molecule has 1 N–H and O–H groups in total. The summed E-state index contributed by atoms with van der Waals surface area (Å²) in [6, 6.07) is 12.8. The molecule has 0 saturated carbocycles. The molecule has 1 atom stereocenters. The Bertz CT molecular complexity index is 1150. The van der Waals surface area contributed by atoms with E-state index in [0.717, 1.165) is 16.3 Å². The van der Waals surface area contributed by atoms with Crippen LogP contribution in [0, 0.1) is 6.92 Å². The first-order valence-corrected chi connectivity index (χ1v) is 10.3. The maximum atomic E-state index is 12.6. The first-order valence-electron chi connectivity index (χ1n) is 9.49. The van der Waals surface area contributed by atoms with Crippen LogP contribution >= 0.6 is 11.3 Å². The van der Waals surface area contributed by atoms with E-state index in [2.05, 4.69) is 15.5 Å². The molecule has 8 nitrogen and oxygen atoms in total. The Labute approximate surface area is 176 Å². The highest BCUT2D eigenvalue weighted by atomic mass is 32.1. The van der Waals surface area contributed by atoms with E-state index < -0.39 is 0 Å². The van der Waals surface area contributed by atoms with Gasteiger partial charge < -0.3 is 14.4 Å². The summed E-state index contributed by atoms with van der Waals surface area (Å²) >= 11 is 1.29. The number of hydrogen-bond donors (Lipinski definition) is 1. The number of aryl methyl sites for hydroxylation is 1. The molecule has 1 fully saturated rings. The van der Waals surface area contributed by atoms with Crippen LogP contribution in [0.4, 0.5) is 10.8 Å². The Morgan fingerprint density at radius 1 is 1.17 bits per heavy atom. The van der Waals surface area contributed by atoms with Crippen molar-refractivity contribution in [2.24, 2.45) is 0 Å². The molecular formula is C21H18N4O4S. The van der Waals surface area contributed by atoms with Gasteiger partial charge in [0.25, 0.3) is 5.91 Å². The van der Waals surface area contributed by atoms with Crippen molar-refractivity contribution in [2.45, 2.75) is 19.3 Å². The van der Waals surface area contributed by atoms with Crippen molar-refractivity contribution in [3.05, 3.63) is 58.6 Å². The third-order valence-corrected chi connectivity index (χ3v) is 6.18. The van der Waals surface area contributed by atoms with E-state index in [-0.39, 0.29) is 24.5 Å². The smallest absolute Gasteiger partial charge is 0.257 e. The van der Waals surface area contributed by atoms with Gasteiger partial charge in [-0.2, -0.15) is 0 Å². The lowest BCUT2D eigenvalue weighted by Gasteiger charge is -2.18. The van der Waals surface area contributed by atoms with Crippen LogP contribution in [0.15, 0.2) is 42.5 Å². The lowest BCUT2D eigenvalue weighted by molar-refractivity contribution is -0.117. The normalized spacial score (nSPS) is 17.4. The van der Waals surface area contributed by atoms with Gasteiger partial charge in [0.2, 0.25) is 17.8 Å². The van der Waals surface area contributed by atoms with E-state index in [4.69, 9.17) is 9.47 Å². The number of aromatic nitrogens is 2. The molecule has 3 aromatic rings. The van der Waals surface area contributed by atoms with Crippen molar-refractivity contribution in [2.75, 3.05) is 23.6 Å². The molecule has 9 heteroatoms. The number of nitrogens with one attached hydrogen (secondary N) is 1. The van der Waals surface area contributed by atoms with Gasteiger partial charge in [0.1, 0.15) is 5.01 Å². The number of ether oxygens (including phenoxy) is 2. The summed E-state index contributed by atoms with van der Waals surface area (Å²) in [5.41, 5.74) is 2.42. The molecule has 5 rings (SSSR count). The molecule has 3 heterocycles. The SMILES string of the molecule is Cc1ccccc1N1CC(c2nnc(NC(=O)c3ccc4c(c3)OCO4)s2)CC1=O. The molecule has 152 valence electrons. The van der Waals surface area contributed by atoms with E-state index in [1.54, 1.807) is 23.1 Å². The van der Waals surface area contributed by atoms with E-state index in [9.17, 15) is 9.59 Å². The summed E-state index contributed by atoms with van der Waals surface area (Å²) in [5.74, 6) is 0.872. The van der Waals surface area contributed by atoms with Gasteiger partial charge in [-0.05, 0) is 36.8 Å². The second kappa shape index (κ2) is 7.42. The summed E-state index contributed by atoms with van der Waals surface area (Å²) in [4.78, 5) is 26.9. The van der Waals surface area contributed by atoms with Crippen LogP contribution in [0.25, 0.3) is 0 Å². The highest BCUT2D eigenvalue weighted by Gasteiger charge is 2.34. The van der Waals surface area contributed by atoms with E-state index in [0.29, 0.717) is 35.2 Å². The van der Waals surface area contributed by atoms with Crippen molar-refractivity contribution >= 4 is 34.0 Å². The fraction of sp³-hybridized carbons (Fsp3) is 0.238. The van der Waals surface area contributed by atoms with Crippen molar-refractivity contribution in [1.29, 1.82) is 0 Å². The molecule has 0 spiro atoms. The van der Waals surface area contributed by atoms with Crippen LogP contribution < -0.4 is 19.7 Å². The number of rotatable bonds is 4. The monoisotopic (exact) mass is 422 g/mol. The zero-order valence-electron chi connectivity index (χ0n) is 16.1. The molecule has 2 aliphatic heterocycles. The molecule has 2 amide bonds. The third kappa shape index (κ3) is 3.37. The summed E-state index contributed by atoms with van der Waals surface area (Å²) < 4.78 is 10.6. The lowest BCUT2D eigenvalue weighted by atomic mass is 10.1. The maximum Gasteiger partial charge on any atom is 0.257 e. The molecule has 2 aliphatic rings. The zero-order valence-corrected chi connectivity index (χ0v) is 16.9. The number of hydrogen-bond acceptors (Lipinski definition) is 7. The van der Waals surface area contributed by atoms with Gasteiger partial charge in [-0.3, -0.25) is 14.9 Å². The van der Waals surface area contributed by atoms with Crippen molar-refractivity contribution in [3.63, 3.8) is 0 Å². The number of carbonyl (C=O) groups is 2. The van der Waals surface area contributed by atoms with Gasteiger partial charge >= 0.3 is 0 Å². The van der Waals surface area contributed by atoms with Crippen molar-refractivity contribution in [3.8, 4) is 11.5 Å². The Morgan fingerprint density at radius 2 is 2.00 bits per heavy atom. The molecular weight excluding hydrogens is 404 g/mol. The van der Waals surface area contributed by atoms with Crippen LogP contribution in [-0.2, 0) is 4.79 Å². The third-order valence-electron chi connectivity index (χ3n) is 5.18. The number of benzene rings is 2. The minimum atomic E-state index is -0.306. The van der Waals surface area contributed by atoms with Gasteiger partial charge in [-0.25, -0.2) is 0 Å². The Morgan fingerprint density at radius 3 is 2.87 bits per heavy atom. The Balaban J connectivity index is 1.28. The second-order valence-electron chi connectivity index (χ2n) is 7.16. The van der Waals surface area contributed by atoms with Gasteiger partial charge in [0.15, 0.2) is 11.5 Å². The Hall–Kier alpha value is -3.46. The molecule has 0 aliphatic carbocycles. The number of anilines is 2. The molecule has 30 heavy (non-hydrogen) atoms. The average molecular weight is 422 g/mol. The summed E-state index contributed by atoms with van der Waals surface area (Å²) in [5, 5.41) is 12.2. The fourth-order valence-electron chi connectivity index (χ4n) is 3.63. The summed E-state index contributed by atoms with van der Waals surface area (Å²) in [7, 11) is 0. The minimum Gasteiger partial charge on any atom is -0.454 e.